The number of rotatable bonds is 4. The molecule has 4 nitrogen and oxygen atoms in total. The average molecular weight is 297 g/mol. The van der Waals surface area contributed by atoms with Gasteiger partial charge in [0.15, 0.2) is 0 Å². The van der Waals surface area contributed by atoms with Crippen molar-refractivity contribution in [3.8, 4) is 0 Å². The van der Waals surface area contributed by atoms with E-state index < -0.39 is 17.5 Å². The lowest BCUT2D eigenvalue weighted by Gasteiger charge is -2.30. The van der Waals surface area contributed by atoms with Crippen molar-refractivity contribution >= 4 is 11.6 Å². The second-order valence-corrected chi connectivity index (χ2v) is 5.42. The maximum atomic E-state index is 13.8. The fraction of sp³-hybridized carbons (Fsp3) is 0.533. The molecule has 0 radical (unpaired) electrons. The molecule has 1 amide bonds. The molecule has 1 aliphatic heterocycles. The molecular weight excluding hydrogens is 276 g/mol. The highest BCUT2D eigenvalue weighted by Gasteiger charge is 2.21. The number of piperidine rings is 1. The Morgan fingerprint density at radius 3 is 2.62 bits per heavy atom. The summed E-state index contributed by atoms with van der Waals surface area (Å²) in [5.41, 5.74) is -0.175. The Bertz CT molecular complexity index is 499. The number of carbonyl (C=O) groups is 1. The maximum absolute atomic E-state index is 13.8. The van der Waals surface area contributed by atoms with Crippen LogP contribution in [-0.4, -0.2) is 43.5 Å². The summed E-state index contributed by atoms with van der Waals surface area (Å²) in [6.45, 7) is 3.92. The van der Waals surface area contributed by atoms with Crippen molar-refractivity contribution in [2.24, 2.45) is 0 Å². The van der Waals surface area contributed by atoms with Crippen LogP contribution in [0.3, 0.4) is 0 Å². The average Bonchev–Trinajstić information content (AvgIpc) is 2.42. The zero-order valence-electron chi connectivity index (χ0n) is 12.4. The lowest BCUT2D eigenvalue weighted by molar-refractivity contribution is 0.0911. The predicted molar refractivity (Wildman–Crippen MR) is 78.5 cm³/mol. The van der Waals surface area contributed by atoms with Gasteiger partial charge >= 0.3 is 0 Å². The van der Waals surface area contributed by atoms with Crippen LogP contribution < -0.4 is 10.6 Å². The summed E-state index contributed by atoms with van der Waals surface area (Å²) in [7, 11) is 1.99. The van der Waals surface area contributed by atoms with Crippen LogP contribution >= 0.6 is 0 Å². The van der Waals surface area contributed by atoms with Gasteiger partial charge in [-0.2, -0.15) is 0 Å². The van der Waals surface area contributed by atoms with Crippen LogP contribution in [0.4, 0.5) is 14.5 Å². The summed E-state index contributed by atoms with van der Waals surface area (Å²) >= 11 is 0. The normalized spacial score (nSPS) is 19.3. The number of anilines is 1. The molecule has 1 unspecified atom stereocenters. The smallest absolute Gasteiger partial charge is 0.251 e. The fourth-order valence-electron chi connectivity index (χ4n) is 2.60. The fourth-order valence-corrected chi connectivity index (χ4v) is 2.60. The quantitative estimate of drug-likeness (QED) is 0.895. The minimum atomic E-state index is -0.747. The van der Waals surface area contributed by atoms with Crippen molar-refractivity contribution in [2.45, 2.75) is 25.8 Å². The van der Waals surface area contributed by atoms with Crippen molar-refractivity contribution in [1.82, 2.24) is 10.2 Å². The highest BCUT2D eigenvalue weighted by molar-refractivity contribution is 5.94. The van der Waals surface area contributed by atoms with E-state index in [0.29, 0.717) is 6.54 Å². The first kappa shape index (κ1) is 15.7. The van der Waals surface area contributed by atoms with E-state index in [9.17, 15) is 13.6 Å². The molecule has 0 bridgehead atoms. The van der Waals surface area contributed by atoms with E-state index >= 15 is 0 Å². The van der Waals surface area contributed by atoms with E-state index in [1.165, 1.54) is 0 Å². The predicted octanol–water partition coefficient (Wildman–Crippen LogP) is 2.22. The molecule has 6 heteroatoms. The summed E-state index contributed by atoms with van der Waals surface area (Å²) < 4.78 is 27.6. The summed E-state index contributed by atoms with van der Waals surface area (Å²) in [6.07, 6.45) is 1.89. The van der Waals surface area contributed by atoms with Crippen molar-refractivity contribution in [3.63, 3.8) is 0 Å². The van der Waals surface area contributed by atoms with Crippen LogP contribution in [0.2, 0.25) is 0 Å². The highest BCUT2D eigenvalue weighted by atomic mass is 19.1. The van der Waals surface area contributed by atoms with Gasteiger partial charge in [0.25, 0.3) is 5.91 Å². The molecular formula is C15H21F2N3O. The number of carbonyl (C=O) groups excluding carboxylic acids is 1. The number of halogens is 2. The molecule has 1 aromatic carbocycles. The minimum absolute atomic E-state index is 0.0138. The molecule has 21 heavy (non-hydrogen) atoms. The topological polar surface area (TPSA) is 44.4 Å². The van der Waals surface area contributed by atoms with Gasteiger partial charge in [-0.3, -0.25) is 4.79 Å². The summed E-state index contributed by atoms with van der Waals surface area (Å²) in [5, 5.41) is 5.45. The van der Waals surface area contributed by atoms with Gasteiger partial charge in [0.1, 0.15) is 17.3 Å². The Kier molecular flexibility index (Phi) is 5.12. The zero-order chi connectivity index (χ0) is 15.4. The van der Waals surface area contributed by atoms with E-state index in [4.69, 9.17) is 0 Å². The third-order valence-corrected chi connectivity index (χ3v) is 3.62. The van der Waals surface area contributed by atoms with Crippen molar-refractivity contribution in [3.05, 3.63) is 29.3 Å². The van der Waals surface area contributed by atoms with E-state index in [0.717, 1.165) is 38.1 Å². The van der Waals surface area contributed by atoms with Crippen molar-refractivity contribution < 1.29 is 13.6 Å². The molecule has 2 N–H and O–H groups in total. The molecule has 1 saturated heterocycles. The van der Waals surface area contributed by atoms with Gasteiger partial charge in [0, 0.05) is 24.7 Å². The number of hydrogen-bond acceptors (Lipinski definition) is 3. The van der Waals surface area contributed by atoms with E-state index in [2.05, 4.69) is 15.5 Å². The van der Waals surface area contributed by atoms with E-state index in [-0.39, 0.29) is 17.3 Å². The van der Waals surface area contributed by atoms with Crippen LogP contribution in [0.1, 0.15) is 30.1 Å². The van der Waals surface area contributed by atoms with Gasteiger partial charge in [-0.1, -0.05) is 0 Å². The monoisotopic (exact) mass is 297 g/mol. The van der Waals surface area contributed by atoms with Gasteiger partial charge in [0.05, 0.1) is 0 Å². The summed E-state index contributed by atoms with van der Waals surface area (Å²) in [5.74, 6) is -1.93. The van der Waals surface area contributed by atoms with Crippen molar-refractivity contribution in [1.29, 1.82) is 0 Å². The number of hydrogen-bond donors (Lipinski definition) is 2. The summed E-state index contributed by atoms with van der Waals surface area (Å²) in [6, 6.07) is 2.17. The number of nitrogens with zero attached hydrogens (tertiary/aromatic N) is 1. The lowest BCUT2D eigenvalue weighted by Crippen LogP contribution is -2.46. The SMILES string of the molecule is CCNc1c(F)cc(C(=O)NC2CCCN(C)C2)cc1F. The molecule has 2 rings (SSSR count). The Morgan fingerprint density at radius 1 is 1.38 bits per heavy atom. The number of likely N-dealkylation sites (tertiary alicyclic amines) is 1. The molecule has 116 valence electrons. The Hall–Kier alpha value is -1.69. The standard InChI is InChI=1S/C15H21F2N3O/c1-3-18-14-12(16)7-10(8-13(14)17)15(21)19-11-5-4-6-20(2)9-11/h7-8,11,18H,3-6,9H2,1-2H3,(H,19,21). The van der Waals surface area contributed by atoms with Crippen LogP contribution in [0.25, 0.3) is 0 Å². The first-order chi connectivity index (χ1) is 10.0. The van der Waals surface area contributed by atoms with E-state index in [1.807, 2.05) is 7.05 Å². The summed E-state index contributed by atoms with van der Waals surface area (Å²) in [4.78, 5) is 14.2. The van der Waals surface area contributed by atoms with Gasteiger partial charge in [-0.05, 0) is 45.5 Å². The molecule has 1 atom stereocenters. The number of likely N-dealkylation sites (N-methyl/N-ethyl adjacent to an activating group) is 1. The number of amides is 1. The molecule has 0 spiro atoms. The third kappa shape index (κ3) is 3.91. The van der Waals surface area contributed by atoms with Gasteiger partial charge < -0.3 is 15.5 Å². The first-order valence-corrected chi connectivity index (χ1v) is 7.23. The molecule has 1 aromatic rings. The second-order valence-electron chi connectivity index (χ2n) is 5.42. The first-order valence-electron chi connectivity index (χ1n) is 7.23. The molecule has 1 fully saturated rings. The highest BCUT2D eigenvalue weighted by Crippen LogP contribution is 2.21. The molecule has 0 saturated carbocycles. The molecule has 1 heterocycles. The number of benzene rings is 1. The van der Waals surface area contributed by atoms with E-state index in [1.54, 1.807) is 6.92 Å². The van der Waals surface area contributed by atoms with Crippen LogP contribution in [0.15, 0.2) is 12.1 Å². The Balaban J connectivity index is 2.08. The van der Waals surface area contributed by atoms with Gasteiger partial charge in [-0.25, -0.2) is 8.78 Å². The molecule has 1 aliphatic rings. The molecule has 0 aliphatic carbocycles. The Labute approximate surface area is 123 Å². The zero-order valence-corrected chi connectivity index (χ0v) is 12.4. The molecule has 0 aromatic heterocycles. The third-order valence-electron chi connectivity index (χ3n) is 3.62. The van der Waals surface area contributed by atoms with Gasteiger partial charge in [0.2, 0.25) is 0 Å². The number of nitrogens with one attached hydrogen (secondary N) is 2. The van der Waals surface area contributed by atoms with Crippen LogP contribution in [0, 0.1) is 11.6 Å². The van der Waals surface area contributed by atoms with Crippen LogP contribution in [0.5, 0.6) is 0 Å². The lowest BCUT2D eigenvalue weighted by atomic mass is 10.1. The maximum Gasteiger partial charge on any atom is 0.251 e. The largest absolute Gasteiger partial charge is 0.381 e. The minimum Gasteiger partial charge on any atom is -0.381 e. The van der Waals surface area contributed by atoms with Crippen molar-refractivity contribution in [2.75, 3.05) is 32.0 Å². The van der Waals surface area contributed by atoms with Crippen LogP contribution in [-0.2, 0) is 0 Å². The second kappa shape index (κ2) is 6.85. The Morgan fingerprint density at radius 2 is 2.05 bits per heavy atom. The van der Waals surface area contributed by atoms with Gasteiger partial charge in [-0.15, -0.1) is 0 Å².